The van der Waals surface area contributed by atoms with Gasteiger partial charge in [0.2, 0.25) is 0 Å². The van der Waals surface area contributed by atoms with Crippen LogP contribution in [0.1, 0.15) is 44.6 Å². The van der Waals surface area contributed by atoms with Crippen molar-refractivity contribution in [2.75, 3.05) is 26.7 Å². The molecule has 4 unspecified atom stereocenters. The second kappa shape index (κ2) is 45.4. The first-order valence-corrected chi connectivity index (χ1v) is 53.8. The number of nitrogens with zero attached hydrogens (tertiary/aromatic N) is 12. The minimum atomic E-state index is -0.591. The minimum absolute atomic E-state index is 0. The van der Waals surface area contributed by atoms with Crippen molar-refractivity contribution in [1.82, 2.24) is 58.1 Å². The van der Waals surface area contributed by atoms with Gasteiger partial charge < -0.3 is 18.3 Å². The Hall–Kier alpha value is -12.5. The maximum absolute atomic E-state index is 4.83. The van der Waals surface area contributed by atoms with Gasteiger partial charge in [-0.25, -0.2) is 64.4 Å². The van der Waals surface area contributed by atoms with Crippen molar-refractivity contribution in [1.29, 1.82) is 0 Å². The van der Waals surface area contributed by atoms with Gasteiger partial charge in [-0.1, -0.05) is 119 Å². The third-order valence-electron chi connectivity index (χ3n) is 25.6. The number of para-hydroxylation sites is 4. The van der Waals surface area contributed by atoms with Crippen LogP contribution in [-0.2, 0) is 84.3 Å². The molecule has 0 saturated carbocycles. The largest absolute Gasteiger partial charge is 2.00 e. The topological polar surface area (TPSA) is 123 Å². The Labute approximate surface area is 903 Å². The molecule has 712 valence electrons. The first-order chi connectivity index (χ1) is 68.4. The van der Waals surface area contributed by atoms with Gasteiger partial charge in [0.15, 0.2) is 0 Å². The van der Waals surface area contributed by atoms with E-state index in [0.29, 0.717) is 0 Å². The molecule has 0 aliphatic carbocycles. The number of benzene rings is 12. The number of hydrogen-bond acceptors (Lipinski definition) is 8. The molecule has 0 fully saturated rings. The van der Waals surface area contributed by atoms with Crippen molar-refractivity contribution in [3.05, 3.63) is 458 Å². The molecule has 0 saturated heterocycles. The van der Waals surface area contributed by atoms with Crippen LogP contribution in [0.25, 0.3) is 155 Å². The molecule has 24 aromatic rings. The Bertz CT molecular complexity index is 8840. The van der Waals surface area contributed by atoms with Crippen molar-refractivity contribution in [2.45, 2.75) is 55.4 Å². The molecule has 12 heterocycles. The van der Waals surface area contributed by atoms with Crippen molar-refractivity contribution in [3.63, 3.8) is 0 Å². The molecule has 0 aliphatic heterocycles. The maximum atomic E-state index is 4.83. The van der Waals surface area contributed by atoms with Gasteiger partial charge >= 0.3 is 84.3 Å². The van der Waals surface area contributed by atoms with Crippen LogP contribution in [0.3, 0.4) is 0 Å². The maximum Gasteiger partial charge on any atom is 2.00 e. The Morgan fingerprint density at radius 2 is 0.562 bits per heavy atom. The molecule has 0 spiro atoms. The number of aromatic nitrogens is 12. The number of aryl methyl sites for hydroxylation is 8. The van der Waals surface area contributed by atoms with Crippen molar-refractivity contribution in [3.8, 4) is 67.8 Å². The van der Waals surface area contributed by atoms with Crippen molar-refractivity contribution in [2.24, 2.45) is 0 Å². The van der Waals surface area contributed by atoms with E-state index in [9.17, 15) is 0 Å². The van der Waals surface area contributed by atoms with Crippen LogP contribution in [0.5, 0.6) is 0 Å². The predicted molar refractivity (Wildman–Crippen MR) is 590 cm³/mol. The minimum Gasteiger partial charge on any atom is -0.314 e. The van der Waals surface area contributed by atoms with Gasteiger partial charge in [-0.05, 0) is 299 Å². The van der Waals surface area contributed by atoms with E-state index in [0.717, 1.165) is 150 Å². The zero-order chi connectivity index (χ0) is 95.8. The summed E-state index contributed by atoms with van der Waals surface area (Å²) in [5.41, 5.74) is 30.8. The predicted octanol–water partition coefficient (Wildman–Crippen LogP) is 26.1. The zero-order valence-corrected chi connectivity index (χ0v) is 93.7. The third-order valence-corrected chi connectivity index (χ3v) is 33.5. The average molecular weight is 2660 g/mol. The van der Waals surface area contributed by atoms with Crippen LogP contribution < -0.4 is 43.0 Å². The fraction of sp³-hybridized carbons (Fsp3) is 0.0968. The number of pyridine rings is 8. The normalized spacial score (nSPS) is 12.0. The first kappa shape index (κ1) is 103. The molecule has 20 heteroatoms. The van der Waals surface area contributed by atoms with E-state index in [4.69, 9.17) is 19.9 Å². The molecular formula is C124H96N12P4Pt4. The molecule has 0 amide bonds. The van der Waals surface area contributed by atoms with E-state index >= 15 is 0 Å². The summed E-state index contributed by atoms with van der Waals surface area (Å²) in [5, 5.41) is 14.2. The molecule has 4 atom stereocenters. The van der Waals surface area contributed by atoms with Crippen LogP contribution in [0.15, 0.2) is 365 Å². The van der Waals surface area contributed by atoms with E-state index in [-0.39, 0.29) is 84.3 Å². The first-order valence-electron chi connectivity index (χ1n) is 46.7. The summed E-state index contributed by atoms with van der Waals surface area (Å²) in [6, 6.07) is 142. The molecule has 144 heavy (non-hydrogen) atoms. The number of rotatable bonds is 16. The molecule has 12 aromatic heterocycles. The van der Waals surface area contributed by atoms with E-state index < -0.39 is 31.7 Å². The number of fused-ring (bicyclic) bond motifs is 12. The van der Waals surface area contributed by atoms with Gasteiger partial charge in [0.1, 0.15) is 23.3 Å². The van der Waals surface area contributed by atoms with E-state index in [1.807, 2.05) is 92.8 Å². The van der Waals surface area contributed by atoms with Gasteiger partial charge in [0.05, 0.1) is 21.7 Å². The zero-order valence-electron chi connectivity index (χ0n) is 81.1. The van der Waals surface area contributed by atoms with Crippen molar-refractivity contribution < 1.29 is 84.3 Å². The molecule has 0 aliphatic rings. The summed E-state index contributed by atoms with van der Waals surface area (Å²) in [6.45, 7) is 25.8. The van der Waals surface area contributed by atoms with Crippen LogP contribution >= 0.6 is 31.7 Å². The van der Waals surface area contributed by atoms with Crippen LogP contribution in [0.4, 0.5) is 0 Å². The van der Waals surface area contributed by atoms with Gasteiger partial charge in [-0.3, -0.25) is 19.9 Å². The summed E-state index contributed by atoms with van der Waals surface area (Å²) in [5.74, 6) is 3.65. The Kier molecular flexibility index (Phi) is 32.5. The fourth-order valence-electron chi connectivity index (χ4n) is 18.4. The SMILES string of the molecule is Cc1ccc(-n2c3[c-]c(-c4[c-]c(P(C)c5cc(C)ccn5)ccc4)ccc3c3ccccc32)nc1.Cc1ccnc(-n2c3[c-]c(-c4[c-]c(P(C)c5ncccc5C)ccc4)ccc3c3ccccc32)c1.Cc1ccnc(P(C)c2[c-]c(-c3[c-]c4c(cc3)c3ccccc3n4-c3cccc(C)n3)ccc2)c1.Cc1ccnc(P(C)c2[c-]c(-c3[c-]c4c(cc3)c3ccccc3n4-c3ncccc3C)ccc2)c1.[Pt+2].[Pt+2].[Pt+2].[Pt+2]. The summed E-state index contributed by atoms with van der Waals surface area (Å²) in [4.78, 5) is 37.5. The molecular weight excluding hydrogens is 2560 g/mol. The molecule has 0 N–H and O–H groups in total. The van der Waals surface area contributed by atoms with Gasteiger partial charge in [0, 0.05) is 71.1 Å². The summed E-state index contributed by atoms with van der Waals surface area (Å²) in [6.07, 6.45) is 13.2. The summed E-state index contributed by atoms with van der Waals surface area (Å²) >= 11 is 0. The van der Waals surface area contributed by atoms with Gasteiger partial charge in [-0.15, -0.1) is 69.7 Å². The Balaban J connectivity index is 0.000000130. The van der Waals surface area contributed by atoms with E-state index in [1.54, 1.807) is 0 Å². The van der Waals surface area contributed by atoms with Crippen LogP contribution in [-0.4, -0.2) is 84.8 Å². The number of hydrogen-bond donors (Lipinski definition) is 0. The Morgan fingerprint density at radius 1 is 0.222 bits per heavy atom. The molecule has 0 bridgehead atoms. The summed E-state index contributed by atoms with van der Waals surface area (Å²) in [7, 11) is -2.35. The Morgan fingerprint density at radius 3 is 0.938 bits per heavy atom. The van der Waals surface area contributed by atoms with Crippen LogP contribution in [0, 0.1) is 104 Å². The van der Waals surface area contributed by atoms with E-state index in [2.05, 4.69) is 441 Å². The molecule has 24 rings (SSSR count). The quantitative estimate of drug-likeness (QED) is 0.0692. The third kappa shape index (κ3) is 21.2. The van der Waals surface area contributed by atoms with Gasteiger partial charge in [0.25, 0.3) is 0 Å². The van der Waals surface area contributed by atoms with Crippen molar-refractivity contribution >= 4 is 162 Å². The second-order valence-corrected chi connectivity index (χ2v) is 43.6. The summed E-state index contributed by atoms with van der Waals surface area (Å²) < 4.78 is 8.88. The van der Waals surface area contributed by atoms with Gasteiger partial charge in [-0.2, -0.15) is 121 Å². The average Bonchev–Trinajstić information content (AvgIpc) is 1.61. The molecule has 12 nitrogen and oxygen atoms in total. The molecule has 12 aromatic carbocycles. The standard InChI is InChI=1S/4C31H24N3P.4Pt/c1-21-15-17-32-30(18-21)35(3)25-10-6-9-23(19-25)24-13-14-27-26-11-4-5-12-28(26)34(29(27)20-24)31-22(2)8-7-16-33-31;1-21-15-17-32-30(18-21)34-28-12-5-4-11-26(28)27-14-13-24(20-29(27)34)23-9-6-10-25(19-23)35(3)31-22(2)8-7-16-33-31;1-21-16-17-32-31(18-21)35(3)25-10-7-9-23(19-25)24-14-15-27-26-11-4-5-12-28(26)34(29(27)20-24)30-13-6-8-22(2)33-30;1-21-15-16-32-31(17-21)35(3)25-8-6-7-23(18-25)24-12-13-27-26-9-4-5-10-28(26)34(29(27)19-24)30-14-11-22(2)20-33-30;;;;/h3*4-18H,1-3H3;4-17,20H,1-3H3;;;;/q4*-2;4*+2. The molecule has 0 radical (unpaired) electrons. The smallest absolute Gasteiger partial charge is 0.314 e. The van der Waals surface area contributed by atoms with E-state index in [1.165, 1.54) is 92.1 Å². The fourth-order valence-corrected chi connectivity index (χ4v) is 24.5. The monoisotopic (exact) mass is 2660 g/mol. The second-order valence-electron chi connectivity index (χ2n) is 35.4. The van der Waals surface area contributed by atoms with Crippen LogP contribution in [0.2, 0.25) is 0 Å².